The predicted molar refractivity (Wildman–Crippen MR) is 314 cm³/mol. The summed E-state index contributed by atoms with van der Waals surface area (Å²) < 4.78 is 0. The Bertz CT molecular complexity index is 2870. The van der Waals surface area contributed by atoms with Crippen LogP contribution in [0.15, 0.2) is 84.6 Å². The van der Waals surface area contributed by atoms with E-state index in [1.165, 1.54) is 42.1 Å². The summed E-state index contributed by atoms with van der Waals surface area (Å²) in [4.78, 5) is 146. The molecule has 1 aliphatic rings. The van der Waals surface area contributed by atoms with E-state index in [2.05, 4.69) is 62.1 Å². The lowest BCUT2D eigenvalue weighted by molar-refractivity contribution is -0.143. The van der Waals surface area contributed by atoms with Crippen LogP contribution in [-0.2, 0) is 68.8 Å². The fourth-order valence-corrected chi connectivity index (χ4v) is 9.71. The number of carboxylic acid groups (broad SMARTS) is 1. The van der Waals surface area contributed by atoms with E-state index in [1.54, 1.807) is 70.2 Å². The van der Waals surface area contributed by atoms with Crippen LogP contribution in [0.2, 0.25) is 0 Å². The molecule has 4 aromatic rings. The number of aromatic nitrogens is 4. The Balaban J connectivity index is 1.38. The molecule has 5 rings (SSSR count). The Morgan fingerprint density at radius 3 is 1.73 bits per heavy atom. The number of nitrogens with one attached hydrogen (secondary N) is 9. The van der Waals surface area contributed by atoms with Crippen LogP contribution in [0.25, 0.3) is 0 Å². The number of guanidine groups is 1. The van der Waals surface area contributed by atoms with Gasteiger partial charge < -0.3 is 79.5 Å². The van der Waals surface area contributed by atoms with Gasteiger partial charge in [-0.2, -0.15) is 0 Å². The van der Waals surface area contributed by atoms with Crippen molar-refractivity contribution in [2.45, 2.75) is 160 Å². The number of hydrogen-bond acceptors (Lipinski definition) is 14. The number of hydrogen-bond donors (Lipinski definition) is 14. The zero-order valence-corrected chi connectivity index (χ0v) is 49.0. The van der Waals surface area contributed by atoms with Gasteiger partial charge in [-0.05, 0) is 73.1 Å². The third-order valence-corrected chi connectivity index (χ3v) is 14.6. The molecule has 27 heteroatoms. The number of phenolic OH excluding ortho intramolecular Hbond substituents is 1. The summed E-state index contributed by atoms with van der Waals surface area (Å²) in [6.45, 7) is 10.9. The van der Waals surface area contributed by atoms with Crippen LogP contribution in [0.1, 0.15) is 103 Å². The van der Waals surface area contributed by atoms with Gasteiger partial charge in [-0.3, -0.25) is 43.3 Å². The lowest BCUT2D eigenvalue weighted by Crippen LogP contribution is -2.62. The first-order chi connectivity index (χ1) is 40.4. The van der Waals surface area contributed by atoms with Crippen molar-refractivity contribution in [3.8, 4) is 5.75 Å². The molecule has 0 radical (unpaired) electrons. The fraction of sp³-hybridized carbons (Fsp3) is 0.517. The van der Waals surface area contributed by atoms with Crippen LogP contribution in [0.4, 0.5) is 0 Å². The van der Waals surface area contributed by atoms with Crippen molar-refractivity contribution in [3.63, 3.8) is 0 Å². The van der Waals surface area contributed by atoms with Crippen molar-refractivity contribution < 1.29 is 53.4 Å². The number of benzene rings is 2. The molecule has 462 valence electrons. The van der Waals surface area contributed by atoms with E-state index in [4.69, 9.17) is 17.2 Å². The van der Waals surface area contributed by atoms with E-state index in [9.17, 15) is 53.4 Å². The quantitative estimate of drug-likeness (QED) is 0.0166. The molecule has 1 fully saturated rings. The summed E-state index contributed by atoms with van der Waals surface area (Å²) >= 11 is 0. The minimum atomic E-state index is -1.35. The number of rotatable bonds is 33. The molecule has 3 heterocycles. The van der Waals surface area contributed by atoms with Crippen molar-refractivity contribution in [2.24, 2.45) is 39.9 Å². The van der Waals surface area contributed by atoms with Crippen molar-refractivity contribution >= 4 is 59.2 Å². The van der Waals surface area contributed by atoms with Crippen LogP contribution in [0.3, 0.4) is 0 Å². The van der Waals surface area contributed by atoms with Gasteiger partial charge >= 0.3 is 5.97 Å². The molecule has 1 saturated heterocycles. The maximum absolute atomic E-state index is 15.0. The first-order valence-corrected chi connectivity index (χ1v) is 28.7. The van der Waals surface area contributed by atoms with Gasteiger partial charge in [0.05, 0.1) is 18.7 Å². The van der Waals surface area contributed by atoms with Crippen molar-refractivity contribution in [1.29, 1.82) is 0 Å². The standard InChI is InChI=1S/C58H84N16O11/c1-7-34(6)48(73-52(79)42(25-36-17-19-39(75)20-18-36)69-54(81)47(33(4)5)72-49(76)40(59)15-11-21-64-58(60)61)55(82)70-44(27-38-29-63-31-66-38)56(83)74-22-12-16-46(74)53(80)68-41(24-35-13-9-8-10-14-35)50(77)67-43(26-37-28-62-30-65-37)51(78)71-45(57(84)85)23-32(2)3/h8-10,13-14,17-20,28-34,40-48,75H,7,11-12,15-16,21-27,59H2,1-6H3,(H,62,65)(H,63,66)(H,67,77)(H,68,80)(H,69,81)(H,70,82)(H,71,78)(H,72,76)(H,73,79)(H,84,85)(H4,60,61,64)/t34-,40-,41-,42-,43-,44-,45-,46-,47-,48-/m0/s1. The second-order valence-corrected chi connectivity index (χ2v) is 22.2. The number of likely N-dealkylation sites (tertiary alicyclic amines) is 1. The predicted octanol–water partition coefficient (Wildman–Crippen LogP) is -0.293. The Kier molecular flexibility index (Phi) is 25.8. The highest BCUT2D eigenvalue weighted by Gasteiger charge is 2.41. The second kappa shape index (κ2) is 32.8. The summed E-state index contributed by atoms with van der Waals surface area (Å²) in [5.74, 6) is -8.30. The molecule has 2 aromatic carbocycles. The number of nitrogens with two attached hydrogens (primary N) is 3. The molecule has 0 bridgehead atoms. The lowest BCUT2D eigenvalue weighted by Gasteiger charge is -2.32. The SMILES string of the molecule is CC[C@H](C)[C@H](NC(=O)[C@H](Cc1ccc(O)cc1)NC(=O)[C@@H](NC(=O)[C@@H](N)CCCN=C(N)N)C(C)C)C(=O)N[C@@H](Cc1cnc[nH]1)C(=O)N1CCC[C@H]1C(=O)N[C@@H](Cc1ccccc1)C(=O)N[C@@H](Cc1cnc[nH]1)C(=O)N[C@@H](CC(C)C)C(=O)O. The van der Waals surface area contributed by atoms with Crippen LogP contribution < -0.4 is 54.4 Å². The summed E-state index contributed by atoms with van der Waals surface area (Å²) in [6, 6.07) is 3.56. The molecule has 0 spiro atoms. The van der Waals surface area contributed by atoms with E-state index in [0.29, 0.717) is 41.8 Å². The summed E-state index contributed by atoms with van der Waals surface area (Å²) in [7, 11) is 0. The van der Waals surface area contributed by atoms with Crippen LogP contribution >= 0.6 is 0 Å². The minimum Gasteiger partial charge on any atom is -0.508 e. The normalized spacial score (nSPS) is 16.2. The number of aliphatic imine (C=N–C) groups is 1. The number of aromatic hydroxyl groups is 1. The van der Waals surface area contributed by atoms with Crippen LogP contribution in [-0.4, -0.2) is 162 Å². The van der Waals surface area contributed by atoms with E-state index < -0.39 is 119 Å². The Morgan fingerprint density at radius 2 is 1.18 bits per heavy atom. The molecule has 10 atom stereocenters. The highest BCUT2D eigenvalue weighted by molar-refractivity contribution is 5.98. The van der Waals surface area contributed by atoms with Gasteiger partial charge in [-0.15, -0.1) is 0 Å². The average Bonchev–Trinajstić information content (AvgIpc) is 4.49. The molecule has 85 heavy (non-hydrogen) atoms. The van der Waals surface area contributed by atoms with Crippen molar-refractivity contribution in [1.82, 2.24) is 62.1 Å². The third-order valence-electron chi connectivity index (χ3n) is 14.6. The minimum absolute atomic E-state index is 0.0415. The Morgan fingerprint density at radius 1 is 0.659 bits per heavy atom. The number of H-pyrrole nitrogens is 2. The van der Waals surface area contributed by atoms with E-state index in [1.807, 2.05) is 13.8 Å². The van der Waals surface area contributed by atoms with Crippen molar-refractivity contribution in [2.75, 3.05) is 13.1 Å². The van der Waals surface area contributed by atoms with Gasteiger partial charge in [-0.1, -0.05) is 90.4 Å². The largest absolute Gasteiger partial charge is 0.508 e. The number of carbonyl (C=O) groups is 9. The molecule has 0 unspecified atom stereocenters. The number of aliphatic carboxylic acids is 1. The molecule has 0 saturated carbocycles. The third kappa shape index (κ3) is 21.1. The number of carboxylic acids is 1. The zero-order chi connectivity index (χ0) is 62.3. The number of phenols is 1. The molecule has 27 nitrogen and oxygen atoms in total. The number of amides is 8. The maximum atomic E-state index is 15.0. The number of carbonyl (C=O) groups excluding carboxylic acids is 8. The zero-order valence-electron chi connectivity index (χ0n) is 49.0. The first-order valence-electron chi connectivity index (χ1n) is 28.7. The highest BCUT2D eigenvalue weighted by atomic mass is 16.4. The monoisotopic (exact) mass is 1180 g/mol. The fourth-order valence-electron chi connectivity index (χ4n) is 9.71. The summed E-state index contributed by atoms with van der Waals surface area (Å²) in [5, 5.41) is 39.2. The van der Waals surface area contributed by atoms with Crippen LogP contribution in [0.5, 0.6) is 5.75 Å². The van der Waals surface area contributed by atoms with Gasteiger partial charge in [-0.25, -0.2) is 14.8 Å². The van der Waals surface area contributed by atoms with Gasteiger partial charge in [0, 0.05) is 62.6 Å². The molecule has 2 aromatic heterocycles. The molecular weight excluding hydrogens is 1100 g/mol. The van der Waals surface area contributed by atoms with Gasteiger partial charge in [0.25, 0.3) is 0 Å². The first kappa shape index (κ1) is 66.9. The number of imidazole rings is 2. The maximum Gasteiger partial charge on any atom is 0.326 e. The van der Waals surface area contributed by atoms with Gasteiger partial charge in [0.1, 0.15) is 54.1 Å². The average molecular weight is 1180 g/mol. The van der Waals surface area contributed by atoms with E-state index in [0.717, 1.165) is 0 Å². The lowest BCUT2D eigenvalue weighted by atomic mass is 9.96. The molecule has 17 N–H and O–H groups in total. The highest BCUT2D eigenvalue weighted by Crippen LogP contribution is 2.22. The Labute approximate surface area is 494 Å². The van der Waals surface area contributed by atoms with Crippen molar-refractivity contribution in [3.05, 3.63) is 102 Å². The summed E-state index contributed by atoms with van der Waals surface area (Å²) in [6.07, 6.45) is 6.94. The summed E-state index contributed by atoms with van der Waals surface area (Å²) in [5.41, 5.74) is 19.1. The number of aromatic amines is 2. The van der Waals surface area contributed by atoms with Crippen LogP contribution in [0, 0.1) is 17.8 Å². The molecule has 1 aliphatic heterocycles. The van der Waals surface area contributed by atoms with E-state index >= 15 is 0 Å². The second-order valence-electron chi connectivity index (χ2n) is 22.2. The van der Waals surface area contributed by atoms with E-state index in [-0.39, 0.29) is 75.7 Å². The molecular formula is C58H84N16O11. The smallest absolute Gasteiger partial charge is 0.326 e. The van der Waals surface area contributed by atoms with Gasteiger partial charge in [0.15, 0.2) is 5.96 Å². The topological polar surface area (TPSA) is 429 Å². The molecule has 8 amide bonds. The Hall–Kier alpha value is -8.88. The number of nitrogens with zero attached hydrogens (tertiary/aromatic N) is 4. The van der Waals surface area contributed by atoms with Gasteiger partial charge in [0.2, 0.25) is 47.3 Å². The molecule has 0 aliphatic carbocycles.